The molecule has 0 saturated heterocycles. The van der Waals surface area contributed by atoms with E-state index in [0.717, 1.165) is 0 Å². The maximum atomic E-state index is 13.2. The molecule has 0 spiro atoms. The fourth-order valence-corrected chi connectivity index (χ4v) is 1.11. The van der Waals surface area contributed by atoms with E-state index in [0.29, 0.717) is 18.1 Å². The Hall–Kier alpha value is -1.62. The molecule has 0 heterocycles. The van der Waals surface area contributed by atoms with Crippen molar-refractivity contribution >= 4 is 5.96 Å². The molecule has 5 heteroatoms. The lowest BCUT2D eigenvalue weighted by molar-refractivity contribution is 0.610. The first-order valence-corrected chi connectivity index (χ1v) is 4.76. The summed E-state index contributed by atoms with van der Waals surface area (Å²) in [4.78, 5) is 4.09. The Balaban J connectivity index is 2.65. The normalized spacial score (nSPS) is 11.3. The SMILES string of the molecule is CCNC(=NCc1ccccc1F)NN. The summed E-state index contributed by atoms with van der Waals surface area (Å²) in [6, 6.07) is 6.53. The van der Waals surface area contributed by atoms with Gasteiger partial charge in [0.1, 0.15) is 5.82 Å². The molecule has 0 unspecified atom stereocenters. The molecular weight excluding hydrogens is 195 g/mol. The molecule has 4 nitrogen and oxygen atoms in total. The molecule has 1 aromatic carbocycles. The first kappa shape index (κ1) is 11.5. The van der Waals surface area contributed by atoms with Crippen molar-refractivity contribution in [2.75, 3.05) is 6.54 Å². The summed E-state index contributed by atoms with van der Waals surface area (Å²) in [5.41, 5.74) is 2.95. The van der Waals surface area contributed by atoms with Crippen molar-refractivity contribution in [1.29, 1.82) is 0 Å². The second kappa shape index (κ2) is 5.98. The minimum Gasteiger partial charge on any atom is -0.356 e. The number of hydrazine groups is 1. The van der Waals surface area contributed by atoms with Crippen LogP contribution in [0.15, 0.2) is 29.3 Å². The zero-order chi connectivity index (χ0) is 11.1. The van der Waals surface area contributed by atoms with Gasteiger partial charge >= 0.3 is 0 Å². The van der Waals surface area contributed by atoms with Crippen LogP contribution in [0.25, 0.3) is 0 Å². The third-order valence-electron chi connectivity index (χ3n) is 1.85. The Bertz CT molecular complexity index is 338. The second-order valence-corrected chi connectivity index (χ2v) is 2.93. The van der Waals surface area contributed by atoms with Crippen molar-refractivity contribution in [3.8, 4) is 0 Å². The Kier molecular flexibility index (Phi) is 4.56. The maximum Gasteiger partial charge on any atom is 0.206 e. The summed E-state index contributed by atoms with van der Waals surface area (Å²) in [6.45, 7) is 2.90. The minimum atomic E-state index is -0.255. The van der Waals surface area contributed by atoms with Gasteiger partial charge in [-0.1, -0.05) is 18.2 Å². The first-order chi connectivity index (χ1) is 7.27. The van der Waals surface area contributed by atoms with Crippen LogP contribution in [-0.4, -0.2) is 12.5 Å². The third-order valence-corrected chi connectivity index (χ3v) is 1.85. The highest BCUT2D eigenvalue weighted by Gasteiger charge is 1.99. The van der Waals surface area contributed by atoms with Gasteiger partial charge in [-0.25, -0.2) is 15.2 Å². The lowest BCUT2D eigenvalue weighted by Crippen LogP contribution is -2.41. The van der Waals surface area contributed by atoms with Crippen molar-refractivity contribution in [3.05, 3.63) is 35.6 Å². The van der Waals surface area contributed by atoms with E-state index in [-0.39, 0.29) is 12.4 Å². The molecule has 0 aromatic heterocycles. The van der Waals surface area contributed by atoms with Crippen LogP contribution in [0.4, 0.5) is 4.39 Å². The number of nitrogens with zero attached hydrogens (tertiary/aromatic N) is 1. The van der Waals surface area contributed by atoms with Crippen LogP contribution in [0.5, 0.6) is 0 Å². The zero-order valence-corrected chi connectivity index (χ0v) is 8.63. The number of aliphatic imine (C=N–C) groups is 1. The number of guanidine groups is 1. The third kappa shape index (κ3) is 3.55. The standard InChI is InChI=1S/C10H15FN4/c1-2-13-10(15-12)14-7-8-5-3-4-6-9(8)11/h3-6H,2,7,12H2,1H3,(H2,13,14,15). The minimum absolute atomic E-state index is 0.255. The van der Waals surface area contributed by atoms with Crippen LogP contribution in [0, 0.1) is 5.82 Å². The topological polar surface area (TPSA) is 62.4 Å². The second-order valence-electron chi connectivity index (χ2n) is 2.93. The summed E-state index contributed by atoms with van der Waals surface area (Å²) in [7, 11) is 0. The van der Waals surface area contributed by atoms with E-state index in [4.69, 9.17) is 5.84 Å². The van der Waals surface area contributed by atoms with Gasteiger partial charge in [0, 0.05) is 12.1 Å². The molecule has 0 saturated carbocycles. The fourth-order valence-electron chi connectivity index (χ4n) is 1.11. The predicted molar refractivity (Wildman–Crippen MR) is 58.5 cm³/mol. The number of halogens is 1. The Morgan fingerprint density at radius 3 is 2.80 bits per heavy atom. The smallest absolute Gasteiger partial charge is 0.206 e. The number of nitrogens with one attached hydrogen (secondary N) is 2. The summed E-state index contributed by atoms with van der Waals surface area (Å²) >= 11 is 0. The Labute approximate surface area is 88.4 Å². The fraction of sp³-hybridized carbons (Fsp3) is 0.300. The van der Waals surface area contributed by atoms with Gasteiger partial charge in [0.2, 0.25) is 5.96 Å². The van der Waals surface area contributed by atoms with Gasteiger partial charge in [-0.15, -0.1) is 0 Å². The van der Waals surface area contributed by atoms with Gasteiger partial charge in [-0.05, 0) is 13.0 Å². The van der Waals surface area contributed by atoms with E-state index in [1.54, 1.807) is 18.2 Å². The maximum absolute atomic E-state index is 13.2. The number of rotatable bonds is 3. The van der Waals surface area contributed by atoms with Crippen LogP contribution < -0.4 is 16.6 Å². The molecule has 0 aliphatic carbocycles. The van der Waals surface area contributed by atoms with Crippen LogP contribution in [-0.2, 0) is 6.54 Å². The number of hydrogen-bond donors (Lipinski definition) is 3. The van der Waals surface area contributed by atoms with E-state index < -0.39 is 0 Å². The van der Waals surface area contributed by atoms with Gasteiger partial charge in [-0.3, -0.25) is 5.43 Å². The van der Waals surface area contributed by atoms with Gasteiger partial charge in [-0.2, -0.15) is 0 Å². The number of nitrogens with two attached hydrogens (primary N) is 1. The molecule has 0 radical (unpaired) electrons. The van der Waals surface area contributed by atoms with E-state index in [9.17, 15) is 4.39 Å². The van der Waals surface area contributed by atoms with Crippen molar-refractivity contribution < 1.29 is 4.39 Å². The largest absolute Gasteiger partial charge is 0.356 e. The van der Waals surface area contributed by atoms with Gasteiger partial charge in [0.25, 0.3) is 0 Å². The summed E-state index contributed by atoms with van der Waals surface area (Å²) in [6.07, 6.45) is 0. The van der Waals surface area contributed by atoms with E-state index in [2.05, 4.69) is 15.7 Å². The van der Waals surface area contributed by atoms with Crippen molar-refractivity contribution in [3.63, 3.8) is 0 Å². The molecule has 1 aromatic rings. The quantitative estimate of drug-likeness (QED) is 0.298. The van der Waals surface area contributed by atoms with Crippen LogP contribution in [0.3, 0.4) is 0 Å². The molecule has 15 heavy (non-hydrogen) atoms. The molecule has 0 atom stereocenters. The molecule has 4 N–H and O–H groups in total. The average Bonchev–Trinajstić information content (AvgIpc) is 2.26. The molecule has 0 bridgehead atoms. The van der Waals surface area contributed by atoms with Gasteiger partial charge in [0.15, 0.2) is 0 Å². The van der Waals surface area contributed by atoms with E-state index in [1.165, 1.54) is 6.07 Å². The summed E-state index contributed by atoms with van der Waals surface area (Å²) in [5.74, 6) is 5.43. The van der Waals surface area contributed by atoms with E-state index in [1.807, 2.05) is 6.92 Å². The molecule has 0 aliphatic heterocycles. The molecular formula is C10H15FN4. The molecule has 0 fully saturated rings. The highest BCUT2D eigenvalue weighted by Crippen LogP contribution is 2.06. The van der Waals surface area contributed by atoms with E-state index >= 15 is 0 Å². The molecule has 82 valence electrons. The zero-order valence-electron chi connectivity index (χ0n) is 8.63. The Morgan fingerprint density at radius 1 is 1.47 bits per heavy atom. The highest BCUT2D eigenvalue weighted by atomic mass is 19.1. The molecule has 0 aliphatic rings. The molecule has 0 amide bonds. The predicted octanol–water partition coefficient (Wildman–Crippen LogP) is 0.755. The Morgan fingerprint density at radius 2 is 2.20 bits per heavy atom. The van der Waals surface area contributed by atoms with Crippen LogP contribution in [0.2, 0.25) is 0 Å². The highest BCUT2D eigenvalue weighted by molar-refractivity contribution is 5.79. The van der Waals surface area contributed by atoms with Gasteiger partial charge in [0.05, 0.1) is 6.54 Å². The van der Waals surface area contributed by atoms with Crippen LogP contribution >= 0.6 is 0 Å². The number of benzene rings is 1. The lowest BCUT2D eigenvalue weighted by Gasteiger charge is -2.06. The average molecular weight is 210 g/mol. The monoisotopic (exact) mass is 210 g/mol. The van der Waals surface area contributed by atoms with Crippen LogP contribution in [0.1, 0.15) is 12.5 Å². The lowest BCUT2D eigenvalue weighted by atomic mass is 10.2. The van der Waals surface area contributed by atoms with Crippen molar-refractivity contribution in [1.82, 2.24) is 10.7 Å². The molecule has 1 rings (SSSR count). The van der Waals surface area contributed by atoms with Crippen molar-refractivity contribution in [2.24, 2.45) is 10.8 Å². The van der Waals surface area contributed by atoms with Crippen molar-refractivity contribution in [2.45, 2.75) is 13.5 Å². The summed E-state index contributed by atoms with van der Waals surface area (Å²) < 4.78 is 13.2. The van der Waals surface area contributed by atoms with Gasteiger partial charge < -0.3 is 5.32 Å². The summed E-state index contributed by atoms with van der Waals surface area (Å²) in [5, 5.41) is 2.91. The number of hydrogen-bond acceptors (Lipinski definition) is 2. The first-order valence-electron chi connectivity index (χ1n) is 4.76.